The number of primary amides is 2. The highest BCUT2D eigenvalue weighted by Gasteiger charge is 2.45. The van der Waals surface area contributed by atoms with E-state index in [4.69, 9.17) is 28.7 Å². The first kappa shape index (κ1) is 59.0. The van der Waals surface area contributed by atoms with E-state index in [0.717, 1.165) is 6.42 Å². The van der Waals surface area contributed by atoms with Crippen molar-refractivity contribution in [3.63, 3.8) is 0 Å². The van der Waals surface area contributed by atoms with E-state index in [1.54, 1.807) is 26.0 Å². The van der Waals surface area contributed by atoms with Gasteiger partial charge in [0, 0.05) is 31.0 Å². The van der Waals surface area contributed by atoms with Gasteiger partial charge in [-0.1, -0.05) is 45.2 Å². The highest BCUT2D eigenvalue weighted by molar-refractivity contribution is 7.80. The van der Waals surface area contributed by atoms with Crippen molar-refractivity contribution in [1.29, 1.82) is 0 Å². The number of hydrogen-bond acceptors (Lipinski definition) is 15. The van der Waals surface area contributed by atoms with Crippen LogP contribution in [0.15, 0.2) is 29.3 Å². The van der Waals surface area contributed by atoms with E-state index < -0.39 is 126 Å². The van der Waals surface area contributed by atoms with Crippen LogP contribution in [0.4, 0.5) is 0 Å². The molecular formula is C44H70N14O11S2. The van der Waals surface area contributed by atoms with Gasteiger partial charge in [0.2, 0.25) is 59.1 Å². The molecule has 25 nitrogen and oxygen atoms in total. The molecule has 7 atom stereocenters. The molecule has 1 aromatic rings. The van der Waals surface area contributed by atoms with Crippen LogP contribution in [-0.2, 0) is 54.4 Å². The summed E-state index contributed by atoms with van der Waals surface area (Å²) >= 11 is 8.35. The third-order valence-corrected chi connectivity index (χ3v) is 12.7. The number of nitrogens with two attached hydrogens (primary N) is 5. The second-order valence-electron chi connectivity index (χ2n) is 17.9. The van der Waals surface area contributed by atoms with E-state index in [0.29, 0.717) is 24.8 Å². The summed E-state index contributed by atoms with van der Waals surface area (Å²) in [5.41, 5.74) is 26.4. The van der Waals surface area contributed by atoms with Crippen molar-refractivity contribution in [3.8, 4) is 5.75 Å². The zero-order valence-corrected chi connectivity index (χ0v) is 41.7. The van der Waals surface area contributed by atoms with Crippen molar-refractivity contribution >= 4 is 90.3 Å². The first-order chi connectivity index (χ1) is 33.5. The van der Waals surface area contributed by atoms with Gasteiger partial charge in [0.05, 0.1) is 19.0 Å². The molecule has 0 radical (unpaired) electrons. The average Bonchev–Trinajstić information content (AvgIpc) is 3.82. The molecule has 10 amide bonds. The molecule has 27 heteroatoms. The quantitative estimate of drug-likeness (QED) is 0.0171. The third-order valence-electron chi connectivity index (χ3n) is 12.0. The van der Waals surface area contributed by atoms with E-state index in [-0.39, 0.29) is 74.8 Å². The minimum absolute atomic E-state index is 0.0131. The van der Waals surface area contributed by atoms with Crippen molar-refractivity contribution in [1.82, 2.24) is 42.1 Å². The number of hydrogen-bond donors (Lipinski definition) is 15. The van der Waals surface area contributed by atoms with Crippen molar-refractivity contribution in [2.45, 2.75) is 132 Å². The molecule has 0 bridgehead atoms. The minimum Gasteiger partial charge on any atom is -0.508 e. The Morgan fingerprint density at radius 2 is 1.38 bits per heavy atom. The first-order valence-electron chi connectivity index (χ1n) is 23.3. The Hall–Kier alpha value is -6.35. The number of guanidine groups is 1. The van der Waals surface area contributed by atoms with Crippen molar-refractivity contribution in [2.24, 2.45) is 39.6 Å². The van der Waals surface area contributed by atoms with Crippen LogP contribution in [0.25, 0.3) is 0 Å². The maximum absolute atomic E-state index is 14.4. The number of phenolic OH excluding ortho intramolecular Hbond substituents is 1. The van der Waals surface area contributed by atoms with Gasteiger partial charge in [0.25, 0.3) is 0 Å². The Kier molecular flexibility index (Phi) is 23.7. The number of amides is 10. The normalized spacial score (nSPS) is 17.7. The molecule has 2 fully saturated rings. The molecule has 1 aliphatic carbocycles. The summed E-state index contributed by atoms with van der Waals surface area (Å²) in [7, 11) is 0. The number of carbonyl (C=O) groups is 10. The number of thiol groups is 2. The maximum Gasteiger partial charge on any atom is 0.246 e. The van der Waals surface area contributed by atoms with Gasteiger partial charge in [-0.2, -0.15) is 25.3 Å². The maximum atomic E-state index is 14.4. The zero-order valence-electron chi connectivity index (χ0n) is 39.9. The molecule has 394 valence electrons. The van der Waals surface area contributed by atoms with Crippen molar-refractivity contribution < 1.29 is 53.1 Å². The lowest BCUT2D eigenvalue weighted by atomic mass is 9.80. The Labute approximate surface area is 422 Å². The number of likely N-dealkylation sites (tertiary alicyclic amines) is 1. The van der Waals surface area contributed by atoms with Gasteiger partial charge in [-0.05, 0) is 62.1 Å². The van der Waals surface area contributed by atoms with Crippen LogP contribution >= 0.6 is 25.3 Å². The van der Waals surface area contributed by atoms with E-state index >= 15 is 0 Å². The summed E-state index contributed by atoms with van der Waals surface area (Å²) in [5, 5.41) is 28.0. The van der Waals surface area contributed by atoms with Crippen LogP contribution in [0.1, 0.15) is 83.6 Å². The largest absolute Gasteiger partial charge is 0.508 e. The molecule has 71 heavy (non-hydrogen) atoms. The summed E-state index contributed by atoms with van der Waals surface area (Å²) in [6.45, 7) is 2.95. The molecule has 18 N–H and O–H groups in total. The molecule has 1 saturated carbocycles. The molecule has 1 aliphatic heterocycles. The lowest BCUT2D eigenvalue weighted by Gasteiger charge is -2.39. The number of carbonyl (C=O) groups excluding carboxylic acids is 10. The molecule has 3 rings (SSSR count). The van der Waals surface area contributed by atoms with Crippen LogP contribution in [0, 0.1) is 5.92 Å². The van der Waals surface area contributed by atoms with Crippen LogP contribution in [0.2, 0.25) is 0 Å². The predicted molar refractivity (Wildman–Crippen MR) is 267 cm³/mol. The Balaban J connectivity index is 1.79. The number of nitrogens with zero attached hydrogens (tertiary/aromatic N) is 2. The summed E-state index contributed by atoms with van der Waals surface area (Å²) in [4.78, 5) is 139. The van der Waals surface area contributed by atoms with E-state index in [1.807, 2.05) is 0 Å². The van der Waals surface area contributed by atoms with Gasteiger partial charge in [-0.15, -0.1) is 0 Å². The predicted octanol–water partition coefficient (Wildman–Crippen LogP) is -4.46. The van der Waals surface area contributed by atoms with E-state index in [1.165, 1.54) is 17.0 Å². The van der Waals surface area contributed by atoms with Crippen LogP contribution in [0.3, 0.4) is 0 Å². The molecule has 1 aromatic carbocycles. The Bertz CT molecular complexity index is 2100. The molecule has 1 heterocycles. The summed E-state index contributed by atoms with van der Waals surface area (Å²) in [6, 6.07) is -2.96. The number of aliphatic imine (C=N–C) groups is 1. The van der Waals surface area contributed by atoms with Gasteiger partial charge in [-0.25, -0.2) is 0 Å². The Morgan fingerprint density at radius 1 is 0.746 bits per heavy atom. The van der Waals surface area contributed by atoms with Crippen LogP contribution in [-0.4, -0.2) is 154 Å². The van der Waals surface area contributed by atoms with Crippen LogP contribution in [0.5, 0.6) is 5.75 Å². The van der Waals surface area contributed by atoms with Crippen molar-refractivity contribution in [3.05, 3.63) is 29.8 Å². The number of benzene rings is 1. The van der Waals surface area contributed by atoms with Gasteiger partial charge < -0.3 is 75.9 Å². The fourth-order valence-corrected chi connectivity index (χ4v) is 8.52. The Morgan fingerprint density at radius 3 is 1.96 bits per heavy atom. The van der Waals surface area contributed by atoms with E-state index in [2.05, 4.69) is 67.5 Å². The van der Waals surface area contributed by atoms with Gasteiger partial charge >= 0.3 is 0 Å². The highest BCUT2D eigenvalue weighted by atomic mass is 32.1. The molecule has 0 aromatic heterocycles. The average molecular weight is 1040 g/mol. The second kappa shape index (κ2) is 28.5. The molecule has 0 unspecified atom stereocenters. The topological polar surface area (TPSA) is 421 Å². The van der Waals surface area contributed by atoms with E-state index in [9.17, 15) is 53.1 Å². The molecule has 2 aliphatic rings. The third kappa shape index (κ3) is 18.4. The van der Waals surface area contributed by atoms with Gasteiger partial charge in [0.15, 0.2) is 5.96 Å². The fourth-order valence-electron chi connectivity index (χ4n) is 8.11. The van der Waals surface area contributed by atoms with Crippen LogP contribution < -0.4 is 65.9 Å². The smallest absolute Gasteiger partial charge is 0.246 e. The summed E-state index contributed by atoms with van der Waals surface area (Å²) in [5.74, 6) is -9.11. The lowest BCUT2D eigenvalue weighted by molar-refractivity contribution is -0.142. The number of nitrogens with one attached hydrogen (secondary N) is 7. The van der Waals surface area contributed by atoms with Gasteiger partial charge in [0.1, 0.15) is 47.5 Å². The highest BCUT2D eigenvalue weighted by Crippen LogP contribution is 2.30. The SMILES string of the molecule is CC(C)[C@H](NC(=O)C1(NC(=O)[C@H](Cc2ccc(O)cc2)NC(=O)[C@@H](N)CS)CCCCC1)C(=O)N[C@@H](CC(N)=O)C(=O)N[C@@H](CS)C(=O)N1CCC[C@H]1C(=O)N[C@@H](CCCN=C(N)N)C(=O)NCC(N)=O. The lowest BCUT2D eigenvalue weighted by Crippen LogP contribution is -2.66. The standard InChI is InChI=1S/C44H70N14O11S2/c1-23(2)34(56-42(69)44(14-4-3-5-15-44)57-38(65)28(53-35(62)26(45)21-70)18-24-10-12-25(59)13-11-24)40(67)54-29(19-32(46)60)37(64)55-30(22-71)41(68)58-17-7-9-31(58)39(66)52-27(8-6-16-50-43(48)49)36(63)51-20-33(47)61/h10-13,23,26-31,34,59,70-71H,3-9,14-22,45H2,1-2H3,(H2,46,60)(H2,47,61)(H,51,63)(H,52,66)(H,53,62)(H,54,67)(H,55,64)(H,56,69)(H,57,65)(H4,48,49,50)/t26-,27-,28-,29-,30-,31-,34-/m0/s1. The fraction of sp³-hybridized carbons (Fsp3) is 0.614. The number of aromatic hydroxyl groups is 1. The monoisotopic (exact) mass is 1030 g/mol. The second-order valence-corrected chi connectivity index (χ2v) is 18.6. The molecule has 1 saturated heterocycles. The van der Waals surface area contributed by atoms with Crippen molar-refractivity contribution in [2.75, 3.05) is 31.1 Å². The summed E-state index contributed by atoms with van der Waals surface area (Å²) in [6.07, 6.45) is 2.23. The molecule has 0 spiro atoms. The minimum atomic E-state index is -1.67. The number of rotatable bonds is 27. The van der Waals surface area contributed by atoms with Gasteiger partial charge in [-0.3, -0.25) is 52.9 Å². The first-order valence-corrected chi connectivity index (χ1v) is 24.6. The molecular weight excluding hydrogens is 965 g/mol. The number of phenols is 1. The summed E-state index contributed by atoms with van der Waals surface area (Å²) < 4.78 is 0. The zero-order chi connectivity index (χ0) is 53.0.